The predicted molar refractivity (Wildman–Crippen MR) is 114 cm³/mol. The third-order valence-corrected chi connectivity index (χ3v) is 5.70. The van der Waals surface area contributed by atoms with Crippen molar-refractivity contribution in [3.05, 3.63) is 48.0 Å². The summed E-state index contributed by atoms with van der Waals surface area (Å²) >= 11 is 0. The van der Waals surface area contributed by atoms with E-state index in [0.717, 1.165) is 5.56 Å². The zero-order chi connectivity index (χ0) is 20.9. The van der Waals surface area contributed by atoms with Crippen LogP contribution in [0.5, 0.6) is 5.75 Å². The van der Waals surface area contributed by atoms with Crippen LogP contribution in [-0.4, -0.2) is 41.0 Å². The fourth-order valence-corrected chi connectivity index (χ4v) is 4.00. The molecule has 0 amide bonds. The van der Waals surface area contributed by atoms with Gasteiger partial charge in [-0.3, -0.25) is 4.72 Å². The van der Waals surface area contributed by atoms with Gasteiger partial charge in [-0.05, 0) is 43.0 Å². The van der Waals surface area contributed by atoms with E-state index in [2.05, 4.69) is 20.0 Å². The Kier molecular flexibility index (Phi) is 6.50. The molecule has 3 aromatic rings. The van der Waals surface area contributed by atoms with Crippen molar-refractivity contribution < 1.29 is 18.6 Å². The minimum Gasteiger partial charge on any atom is -0.508 e. The Morgan fingerprint density at radius 3 is 2.38 bits per heavy atom. The molecule has 2 aromatic carbocycles. The molecule has 0 radical (unpaired) electrons. The quantitative estimate of drug-likeness (QED) is 0.422. The summed E-state index contributed by atoms with van der Waals surface area (Å²) in [6.45, 7) is 1.82. The van der Waals surface area contributed by atoms with Crippen molar-refractivity contribution in [3.8, 4) is 5.75 Å². The molecule has 3 rings (SSSR count). The van der Waals surface area contributed by atoms with Gasteiger partial charge in [0.15, 0.2) is 11.6 Å². The van der Waals surface area contributed by atoms with E-state index in [0.29, 0.717) is 36.0 Å². The number of rotatable bonds is 9. The summed E-state index contributed by atoms with van der Waals surface area (Å²) < 4.78 is 27.2. The van der Waals surface area contributed by atoms with Crippen molar-refractivity contribution in [2.75, 3.05) is 22.4 Å². The normalized spacial score (nSPS) is 11.5. The molecule has 0 saturated heterocycles. The number of aliphatic hydroxyl groups is 1. The van der Waals surface area contributed by atoms with Gasteiger partial charge in [-0.25, -0.2) is 18.4 Å². The summed E-state index contributed by atoms with van der Waals surface area (Å²) in [7, 11) is -3.58. The number of phenolic OH excluding ortho intramolecular Hbond substituents is 1. The van der Waals surface area contributed by atoms with Gasteiger partial charge in [-0.15, -0.1) is 0 Å². The largest absolute Gasteiger partial charge is 0.508 e. The van der Waals surface area contributed by atoms with Gasteiger partial charge in [0.1, 0.15) is 5.75 Å². The Morgan fingerprint density at radius 2 is 1.72 bits per heavy atom. The molecule has 1 aromatic heterocycles. The van der Waals surface area contributed by atoms with E-state index in [9.17, 15) is 13.5 Å². The van der Waals surface area contributed by atoms with E-state index in [1.54, 1.807) is 37.3 Å². The van der Waals surface area contributed by atoms with Gasteiger partial charge in [0.2, 0.25) is 10.0 Å². The molecule has 1 heterocycles. The maximum absolute atomic E-state index is 12.3. The number of aryl methyl sites for hydroxylation is 1. The summed E-state index contributed by atoms with van der Waals surface area (Å²) in [4.78, 5) is 8.97. The van der Waals surface area contributed by atoms with Gasteiger partial charge in [-0.2, -0.15) is 0 Å². The molecule has 0 fully saturated rings. The number of fused-ring (bicyclic) bond motifs is 1. The van der Waals surface area contributed by atoms with Crippen LogP contribution >= 0.6 is 0 Å². The second-order valence-electron chi connectivity index (χ2n) is 6.62. The molecular formula is C20H24N4O4S. The Balaban J connectivity index is 2.06. The third kappa shape index (κ3) is 5.33. The van der Waals surface area contributed by atoms with E-state index in [1.807, 2.05) is 6.07 Å². The minimum atomic E-state index is -3.58. The fraction of sp³-hybridized carbons (Fsp3) is 0.300. The number of nitrogens with one attached hydrogen (secondary N) is 2. The first-order valence-electron chi connectivity index (χ1n) is 9.39. The molecule has 29 heavy (non-hydrogen) atoms. The van der Waals surface area contributed by atoms with Crippen LogP contribution in [0.15, 0.2) is 42.5 Å². The molecule has 0 saturated carbocycles. The number of phenols is 1. The maximum Gasteiger partial charge on any atom is 0.233 e. The van der Waals surface area contributed by atoms with Crippen molar-refractivity contribution in [1.29, 1.82) is 0 Å². The SMILES string of the molecule is CCCS(=O)(=O)Nc1nc2ccccc2nc1Nc1cc(O)ccc1CCCO. The van der Waals surface area contributed by atoms with Crippen LogP contribution in [0, 0.1) is 0 Å². The van der Waals surface area contributed by atoms with E-state index < -0.39 is 10.0 Å². The van der Waals surface area contributed by atoms with Gasteiger partial charge in [0, 0.05) is 18.4 Å². The number of hydrogen-bond donors (Lipinski definition) is 4. The van der Waals surface area contributed by atoms with Crippen molar-refractivity contribution >= 4 is 38.4 Å². The lowest BCUT2D eigenvalue weighted by Gasteiger charge is -2.16. The molecule has 4 N–H and O–H groups in total. The second-order valence-corrected chi connectivity index (χ2v) is 8.47. The number of anilines is 3. The highest BCUT2D eigenvalue weighted by molar-refractivity contribution is 7.92. The topological polar surface area (TPSA) is 124 Å². The average molecular weight is 417 g/mol. The number of aliphatic hydroxyl groups excluding tert-OH is 1. The summed E-state index contributed by atoms with van der Waals surface area (Å²) in [5, 5.41) is 22.1. The van der Waals surface area contributed by atoms with Crippen LogP contribution in [0.2, 0.25) is 0 Å². The van der Waals surface area contributed by atoms with Crippen LogP contribution in [0.25, 0.3) is 11.0 Å². The van der Waals surface area contributed by atoms with Gasteiger partial charge in [0.25, 0.3) is 0 Å². The maximum atomic E-state index is 12.3. The van der Waals surface area contributed by atoms with E-state index in [-0.39, 0.29) is 29.7 Å². The van der Waals surface area contributed by atoms with Crippen molar-refractivity contribution in [2.24, 2.45) is 0 Å². The lowest BCUT2D eigenvalue weighted by atomic mass is 10.1. The molecule has 0 atom stereocenters. The van der Waals surface area contributed by atoms with Gasteiger partial charge >= 0.3 is 0 Å². The summed E-state index contributed by atoms with van der Waals surface area (Å²) in [5.74, 6) is 0.351. The predicted octanol–water partition coefficient (Wildman–Crippen LogP) is 3.16. The molecule has 0 bridgehead atoms. The van der Waals surface area contributed by atoms with Crippen molar-refractivity contribution in [2.45, 2.75) is 26.2 Å². The van der Waals surface area contributed by atoms with E-state index >= 15 is 0 Å². The van der Waals surface area contributed by atoms with Crippen LogP contribution in [0.3, 0.4) is 0 Å². The van der Waals surface area contributed by atoms with Gasteiger partial charge in [-0.1, -0.05) is 25.1 Å². The Hall–Kier alpha value is -2.91. The van der Waals surface area contributed by atoms with Gasteiger partial charge in [0.05, 0.1) is 16.8 Å². The molecule has 8 nitrogen and oxygen atoms in total. The number of nitrogens with zero attached hydrogens (tertiary/aromatic N) is 2. The lowest BCUT2D eigenvalue weighted by Crippen LogP contribution is -2.18. The zero-order valence-corrected chi connectivity index (χ0v) is 16.9. The lowest BCUT2D eigenvalue weighted by molar-refractivity contribution is 0.288. The van der Waals surface area contributed by atoms with Gasteiger partial charge < -0.3 is 15.5 Å². The Bertz CT molecular complexity index is 1100. The zero-order valence-electron chi connectivity index (χ0n) is 16.1. The first-order chi connectivity index (χ1) is 13.9. The molecule has 9 heteroatoms. The van der Waals surface area contributed by atoms with Crippen LogP contribution in [0.1, 0.15) is 25.3 Å². The number of para-hydroxylation sites is 2. The number of benzene rings is 2. The highest BCUT2D eigenvalue weighted by atomic mass is 32.2. The minimum absolute atomic E-state index is 0.0329. The molecule has 0 aliphatic rings. The molecular weight excluding hydrogens is 392 g/mol. The summed E-state index contributed by atoms with van der Waals surface area (Å²) in [6.07, 6.45) is 1.60. The van der Waals surface area contributed by atoms with Crippen LogP contribution < -0.4 is 10.0 Å². The van der Waals surface area contributed by atoms with Crippen molar-refractivity contribution in [3.63, 3.8) is 0 Å². The molecule has 0 spiro atoms. The van der Waals surface area contributed by atoms with Crippen LogP contribution in [0.4, 0.5) is 17.3 Å². The number of aromatic nitrogens is 2. The summed E-state index contributed by atoms with van der Waals surface area (Å²) in [5.41, 5.74) is 2.59. The number of aromatic hydroxyl groups is 1. The molecule has 154 valence electrons. The third-order valence-electron chi connectivity index (χ3n) is 4.25. The highest BCUT2D eigenvalue weighted by Gasteiger charge is 2.17. The average Bonchev–Trinajstić information content (AvgIpc) is 2.67. The molecule has 0 unspecified atom stereocenters. The Morgan fingerprint density at radius 1 is 1.03 bits per heavy atom. The highest BCUT2D eigenvalue weighted by Crippen LogP contribution is 2.30. The van der Waals surface area contributed by atoms with E-state index in [4.69, 9.17) is 5.11 Å². The van der Waals surface area contributed by atoms with E-state index in [1.165, 1.54) is 6.07 Å². The summed E-state index contributed by atoms with van der Waals surface area (Å²) in [6, 6.07) is 12.0. The first-order valence-corrected chi connectivity index (χ1v) is 11.0. The second kappa shape index (κ2) is 9.06. The number of sulfonamides is 1. The Labute approximate surface area is 169 Å². The fourth-order valence-electron chi connectivity index (χ4n) is 2.92. The monoisotopic (exact) mass is 416 g/mol. The van der Waals surface area contributed by atoms with Crippen LogP contribution in [-0.2, 0) is 16.4 Å². The standard InChI is InChI=1S/C20H24N4O4S/c1-2-12-29(27,28)24-20-19(21-16-7-3-4-8-17(16)22-20)23-18-13-15(26)10-9-14(18)6-5-11-25/h3-4,7-10,13,25-26H,2,5-6,11-12H2,1H3,(H,21,23)(H,22,24). The first kappa shape index (κ1) is 20.8. The smallest absolute Gasteiger partial charge is 0.233 e. The molecule has 0 aliphatic heterocycles. The molecule has 0 aliphatic carbocycles. The number of hydrogen-bond acceptors (Lipinski definition) is 7. The van der Waals surface area contributed by atoms with Crippen molar-refractivity contribution in [1.82, 2.24) is 9.97 Å².